The highest BCUT2D eigenvalue weighted by Gasteiger charge is 2.38. The van der Waals surface area contributed by atoms with Crippen molar-refractivity contribution >= 4 is 0 Å². The van der Waals surface area contributed by atoms with Gasteiger partial charge >= 0.3 is 0 Å². The molecule has 0 N–H and O–H groups in total. The Labute approximate surface area is 97.2 Å². The lowest BCUT2D eigenvalue weighted by molar-refractivity contribution is 0.161. The first kappa shape index (κ1) is 10.2. The van der Waals surface area contributed by atoms with Gasteiger partial charge in [-0.15, -0.1) is 0 Å². The summed E-state index contributed by atoms with van der Waals surface area (Å²) in [6.07, 6.45) is 2.63. The number of rotatable bonds is 2. The van der Waals surface area contributed by atoms with E-state index in [4.69, 9.17) is 4.74 Å². The highest BCUT2D eigenvalue weighted by atomic mass is 16.5. The van der Waals surface area contributed by atoms with Gasteiger partial charge in [-0.05, 0) is 55.1 Å². The summed E-state index contributed by atoms with van der Waals surface area (Å²) in [5.41, 5.74) is 3.09. The summed E-state index contributed by atoms with van der Waals surface area (Å²) in [5, 5.41) is 0. The quantitative estimate of drug-likeness (QED) is 0.755. The lowest BCUT2D eigenvalue weighted by Crippen LogP contribution is -2.31. The Morgan fingerprint density at radius 3 is 3.00 bits per heavy atom. The first-order chi connectivity index (χ1) is 7.83. The van der Waals surface area contributed by atoms with E-state index >= 15 is 0 Å². The molecule has 0 amide bonds. The molecule has 2 unspecified atom stereocenters. The number of nitrogens with zero attached hydrogens (tertiary/aromatic N) is 1. The molecule has 3 rings (SSSR count). The Bertz CT molecular complexity index is 402. The van der Waals surface area contributed by atoms with Gasteiger partial charge in [0.15, 0.2) is 0 Å². The van der Waals surface area contributed by atoms with Gasteiger partial charge in [0.2, 0.25) is 0 Å². The van der Waals surface area contributed by atoms with Crippen LogP contribution in [0, 0.1) is 0 Å². The molecule has 1 saturated heterocycles. The third-order valence-corrected chi connectivity index (χ3v) is 4.21. The Morgan fingerprint density at radius 2 is 2.25 bits per heavy atom. The molecular weight excluding hydrogens is 198 g/mol. The van der Waals surface area contributed by atoms with E-state index in [9.17, 15) is 0 Å². The second-order valence-electron chi connectivity index (χ2n) is 4.86. The Morgan fingerprint density at radius 1 is 1.38 bits per heavy atom. The largest absolute Gasteiger partial charge is 0.497 e. The van der Waals surface area contributed by atoms with Crippen LogP contribution in [0.4, 0.5) is 0 Å². The van der Waals surface area contributed by atoms with E-state index in [2.05, 4.69) is 30.0 Å². The van der Waals surface area contributed by atoms with E-state index in [1.54, 1.807) is 18.2 Å². The molecule has 1 fully saturated rings. The fourth-order valence-corrected chi connectivity index (χ4v) is 3.34. The van der Waals surface area contributed by atoms with Crippen molar-refractivity contribution in [2.24, 2.45) is 0 Å². The second kappa shape index (κ2) is 3.77. The summed E-state index contributed by atoms with van der Waals surface area (Å²) in [6.45, 7) is 4.69. The number of benzene rings is 1. The van der Waals surface area contributed by atoms with Crippen molar-refractivity contribution in [3.63, 3.8) is 0 Å². The molecule has 1 heterocycles. The summed E-state index contributed by atoms with van der Waals surface area (Å²) in [4.78, 5) is 2.61. The van der Waals surface area contributed by atoms with Crippen molar-refractivity contribution in [3.05, 3.63) is 29.3 Å². The molecule has 1 aromatic carbocycles. The number of hydrogen-bond acceptors (Lipinski definition) is 2. The van der Waals surface area contributed by atoms with Crippen molar-refractivity contribution in [1.29, 1.82) is 0 Å². The minimum Gasteiger partial charge on any atom is -0.497 e. The molecule has 1 aliphatic heterocycles. The van der Waals surface area contributed by atoms with E-state index in [1.165, 1.54) is 25.9 Å². The smallest absolute Gasteiger partial charge is 0.119 e. The van der Waals surface area contributed by atoms with E-state index in [1.807, 2.05) is 0 Å². The van der Waals surface area contributed by atoms with Gasteiger partial charge in [-0.2, -0.15) is 0 Å². The number of hydrogen-bond donors (Lipinski definition) is 0. The molecule has 0 saturated carbocycles. The van der Waals surface area contributed by atoms with Crippen LogP contribution in [0.5, 0.6) is 5.75 Å². The molecule has 2 aliphatic rings. The molecule has 86 valence electrons. The normalized spacial score (nSPS) is 27.9. The monoisotopic (exact) mass is 217 g/mol. The van der Waals surface area contributed by atoms with Crippen molar-refractivity contribution < 1.29 is 4.74 Å². The second-order valence-corrected chi connectivity index (χ2v) is 4.86. The van der Waals surface area contributed by atoms with Crippen molar-refractivity contribution in [2.75, 3.05) is 20.2 Å². The predicted octanol–water partition coefficient (Wildman–Crippen LogP) is 2.95. The van der Waals surface area contributed by atoms with Crippen molar-refractivity contribution in [3.8, 4) is 5.75 Å². The zero-order valence-corrected chi connectivity index (χ0v) is 10.1. The molecule has 0 spiro atoms. The van der Waals surface area contributed by atoms with Crippen LogP contribution in [0.3, 0.4) is 0 Å². The standard InChI is InChI=1S/C14H19NO/c1-3-15-7-6-10-8-14(15)12-5-4-11(16-2)9-13(10)12/h4-5,9-10,14H,3,6-8H2,1-2H3. The average Bonchev–Trinajstić information content (AvgIpc) is 2.64. The van der Waals surface area contributed by atoms with Gasteiger partial charge in [0.25, 0.3) is 0 Å². The Balaban J connectivity index is 2.02. The van der Waals surface area contributed by atoms with Crippen LogP contribution in [-0.2, 0) is 0 Å². The minimum absolute atomic E-state index is 0.671. The molecule has 1 aliphatic carbocycles. The number of methoxy groups -OCH3 is 1. The number of piperidine rings is 1. The fourth-order valence-electron chi connectivity index (χ4n) is 3.34. The minimum atomic E-state index is 0.671. The zero-order valence-electron chi connectivity index (χ0n) is 10.1. The van der Waals surface area contributed by atoms with Gasteiger partial charge in [-0.25, -0.2) is 0 Å². The van der Waals surface area contributed by atoms with Crippen LogP contribution < -0.4 is 4.74 Å². The lowest BCUT2D eigenvalue weighted by Gasteiger charge is -2.32. The van der Waals surface area contributed by atoms with E-state index in [0.29, 0.717) is 6.04 Å². The van der Waals surface area contributed by atoms with Gasteiger partial charge in [0, 0.05) is 6.04 Å². The maximum absolute atomic E-state index is 5.33. The molecule has 2 bridgehead atoms. The highest BCUT2D eigenvalue weighted by molar-refractivity contribution is 5.44. The van der Waals surface area contributed by atoms with Gasteiger partial charge in [-0.1, -0.05) is 13.0 Å². The molecule has 2 heteroatoms. The van der Waals surface area contributed by atoms with E-state index in [-0.39, 0.29) is 0 Å². The van der Waals surface area contributed by atoms with Crippen LogP contribution in [0.2, 0.25) is 0 Å². The fraction of sp³-hybridized carbons (Fsp3) is 0.571. The highest BCUT2D eigenvalue weighted by Crippen LogP contribution is 2.49. The van der Waals surface area contributed by atoms with Gasteiger partial charge < -0.3 is 4.74 Å². The third kappa shape index (κ3) is 1.36. The van der Waals surface area contributed by atoms with Gasteiger partial charge in [0.1, 0.15) is 5.75 Å². The molecule has 16 heavy (non-hydrogen) atoms. The van der Waals surface area contributed by atoms with Crippen LogP contribution in [-0.4, -0.2) is 25.1 Å². The van der Waals surface area contributed by atoms with Crippen molar-refractivity contribution in [2.45, 2.75) is 31.7 Å². The van der Waals surface area contributed by atoms with Crippen LogP contribution in [0.25, 0.3) is 0 Å². The molecule has 1 aromatic rings. The summed E-state index contributed by atoms with van der Waals surface area (Å²) >= 11 is 0. The number of ether oxygens (including phenoxy) is 1. The van der Waals surface area contributed by atoms with E-state index in [0.717, 1.165) is 11.7 Å². The number of likely N-dealkylation sites (tertiary alicyclic amines) is 1. The van der Waals surface area contributed by atoms with Crippen LogP contribution >= 0.6 is 0 Å². The lowest BCUT2D eigenvalue weighted by atomic mass is 9.95. The Hall–Kier alpha value is -1.02. The van der Waals surface area contributed by atoms with E-state index < -0.39 is 0 Å². The maximum atomic E-state index is 5.33. The SMILES string of the molecule is CCN1CCC2CC1c1ccc(OC)cc12. The topological polar surface area (TPSA) is 12.5 Å². The van der Waals surface area contributed by atoms with Crippen molar-refractivity contribution in [1.82, 2.24) is 4.90 Å². The molecule has 2 atom stereocenters. The molecule has 0 aromatic heterocycles. The first-order valence-electron chi connectivity index (χ1n) is 6.25. The Kier molecular flexibility index (Phi) is 2.40. The average molecular weight is 217 g/mol. The van der Waals surface area contributed by atoms with Gasteiger partial charge in [-0.3, -0.25) is 4.90 Å². The molecule has 0 radical (unpaired) electrons. The zero-order chi connectivity index (χ0) is 11.1. The summed E-state index contributed by atoms with van der Waals surface area (Å²) in [5.74, 6) is 1.78. The predicted molar refractivity (Wildman–Crippen MR) is 65.0 cm³/mol. The van der Waals surface area contributed by atoms with Gasteiger partial charge in [0.05, 0.1) is 7.11 Å². The van der Waals surface area contributed by atoms with Crippen LogP contribution in [0.1, 0.15) is 42.9 Å². The maximum Gasteiger partial charge on any atom is 0.119 e. The molecule has 2 nitrogen and oxygen atoms in total. The summed E-state index contributed by atoms with van der Waals surface area (Å²) < 4.78 is 5.33. The number of fused-ring (bicyclic) bond motifs is 5. The van der Waals surface area contributed by atoms with Crippen LogP contribution in [0.15, 0.2) is 18.2 Å². The summed E-state index contributed by atoms with van der Waals surface area (Å²) in [7, 11) is 1.75. The third-order valence-electron chi connectivity index (χ3n) is 4.21. The summed E-state index contributed by atoms with van der Waals surface area (Å²) in [6, 6.07) is 7.30. The molecular formula is C14H19NO. The first-order valence-corrected chi connectivity index (χ1v) is 6.25.